The average Bonchev–Trinajstić information content (AvgIpc) is 2.88. The summed E-state index contributed by atoms with van der Waals surface area (Å²) in [6.45, 7) is 1.20. The highest BCUT2D eigenvalue weighted by molar-refractivity contribution is 7.91. The highest BCUT2D eigenvalue weighted by atomic mass is 35.5. The van der Waals surface area contributed by atoms with Gasteiger partial charge in [0.1, 0.15) is 11.4 Å². The molecule has 1 fully saturated rings. The Bertz CT molecular complexity index is 589. The number of amides is 1. The molecule has 1 aromatic heterocycles. The summed E-state index contributed by atoms with van der Waals surface area (Å²) in [7, 11) is 1.37. The number of anilines is 1. The maximum atomic E-state index is 12.1. The first-order chi connectivity index (χ1) is 10.6. The summed E-state index contributed by atoms with van der Waals surface area (Å²) in [5.41, 5.74) is 0.751. The van der Waals surface area contributed by atoms with E-state index in [0.717, 1.165) is 18.5 Å². The molecular formula is C13H17ClN4O3S. The van der Waals surface area contributed by atoms with E-state index in [1.54, 1.807) is 4.90 Å². The topological polar surface area (TPSA) is 90.4 Å². The number of carbonyl (C=O) groups excluding carboxylic acids is 1. The average molecular weight is 345 g/mol. The molecule has 1 aromatic rings. The van der Waals surface area contributed by atoms with Gasteiger partial charge in [0.2, 0.25) is 10.2 Å². The molecular weight excluding hydrogens is 328 g/mol. The fraction of sp³-hybridized carbons (Fsp3) is 0.615. The summed E-state index contributed by atoms with van der Waals surface area (Å²) < 4.78 is 16.9. The van der Waals surface area contributed by atoms with Crippen molar-refractivity contribution in [3.05, 3.63) is 11.0 Å². The predicted molar refractivity (Wildman–Crippen MR) is 82.6 cm³/mol. The van der Waals surface area contributed by atoms with Gasteiger partial charge in [0.05, 0.1) is 7.11 Å². The third-order valence-corrected chi connectivity index (χ3v) is 5.48. The van der Waals surface area contributed by atoms with E-state index in [4.69, 9.17) is 16.3 Å². The Morgan fingerprint density at radius 2 is 2.36 bits per heavy atom. The number of halogens is 1. The molecule has 0 spiro atoms. The number of carbonyl (C=O) groups is 1. The predicted octanol–water partition coefficient (Wildman–Crippen LogP) is 1.44. The molecule has 7 nitrogen and oxygen atoms in total. The molecule has 0 radical (unpaired) electrons. The van der Waals surface area contributed by atoms with Crippen molar-refractivity contribution in [2.24, 2.45) is 0 Å². The van der Waals surface area contributed by atoms with Gasteiger partial charge in [-0.1, -0.05) is 0 Å². The largest absolute Gasteiger partial charge is 0.611 e. The first-order valence-corrected chi connectivity index (χ1v) is 8.82. The highest BCUT2D eigenvalue weighted by Crippen LogP contribution is 2.32. The quantitative estimate of drug-likeness (QED) is 0.645. The van der Waals surface area contributed by atoms with E-state index in [9.17, 15) is 9.35 Å². The Morgan fingerprint density at radius 1 is 1.55 bits per heavy atom. The van der Waals surface area contributed by atoms with Crippen molar-refractivity contribution >= 4 is 34.7 Å². The van der Waals surface area contributed by atoms with Crippen molar-refractivity contribution in [2.45, 2.75) is 30.2 Å². The molecule has 3 rings (SSSR count). The summed E-state index contributed by atoms with van der Waals surface area (Å²) in [5.74, 6) is 1.08. The molecule has 1 N–H and O–H groups in total. The third-order valence-electron chi connectivity index (χ3n) is 3.86. The van der Waals surface area contributed by atoms with Gasteiger partial charge in [0.15, 0.2) is 5.82 Å². The third kappa shape index (κ3) is 3.09. The van der Waals surface area contributed by atoms with Gasteiger partial charge in [0.25, 0.3) is 0 Å². The van der Waals surface area contributed by atoms with Crippen molar-refractivity contribution in [3.63, 3.8) is 0 Å². The first-order valence-electron chi connectivity index (χ1n) is 7.12. The maximum absolute atomic E-state index is 12.1. The molecule has 22 heavy (non-hydrogen) atoms. The molecule has 120 valence electrons. The standard InChI is InChI=1S/C13H17ClN4O3S/c1-21-13(19)18-5-2-3-8(7-18)15-11-10-9(4-6-22(10)20)16-12(14)17-11/h8H,2-7H2,1H3,(H,15,16,17)/t8-,22+/m0/s1. The molecule has 1 saturated heterocycles. The highest BCUT2D eigenvalue weighted by Gasteiger charge is 2.33. The number of methoxy groups -OCH3 is 1. The Hall–Kier alpha value is -1.25. The Labute approximate surface area is 136 Å². The zero-order valence-electron chi connectivity index (χ0n) is 12.2. The minimum atomic E-state index is -1.09. The van der Waals surface area contributed by atoms with Crippen molar-refractivity contribution in [3.8, 4) is 0 Å². The zero-order chi connectivity index (χ0) is 15.7. The second-order valence-electron chi connectivity index (χ2n) is 5.32. The lowest BCUT2D eigenvalue weighted by molar-refractivity contribution is 0.113. The van der Waals surface area contributed by atoms with Crippen LogP contribution in [0.4, 0.5) is 10.6 Å². The number of hydrogen-bond acceptors (Lipinski definition) is 6. The van der Waals surface area contributed by atoms with Crippen LogP contribution in [0.25, 0.3) is 0 Å². The molecule has 2 aliphatic heterocycles. The molecule has 0 aliphatic carbocycles. The molecule has 2 aliphatic rings. The minimum Gasteiger partial charge on any atom is -0.611 e. The Morgan fingerprint density at radius 3 is 3.14 bits per heavy atom. The van der Waals surface area contributed by atoms with E-state index in [-0.39, 0.29) is 17.4 Å². The van der Waals surface area contributed by atoms with Crippen LogP contribution in [0.5, 0.6) is 0 Å². The molecule has 0 aromatic carbocycles. The van der Waals surface area contributed by atoms with E-state index in [0.29, 0.717) is 36.0 Å². The first kappa shape index (κ1) is 15.6. The van der Waals surface area contributed by atoms with Crippen LogP contribution in [0.3, 0.4) is 0 Å². The number of likely N-dealkylation sites (tertiary alicyclic amines) is 1. The summed E-state index contributed by atoms with van der Waals surface area (Å²) in [5, 5.41) is 3.44. The van der Waals surface area contributed by atoms with E-state index < -0.39 is 11.2 Å². The van der Waals surface area contributed by atoms with Gasteiger partial charge >= 0.3 is 6.09 Å². The summed E-state index contributed by atoms with van der Waals surface area (Å²) in [6.07, 6.45) is 2.09. The lowest BCUT2D eigenvalue weighted by atomic mass is 10.1. The fourth-order valence-corrected chi connectivity index (χ4v) is 4.35. The molecule has 0 saturated carbocycles. The van der Waals surface area contributed by atoms with E-state index in [1.165, 1.54) is 7.11 Å². The van der Waals surface area contributed by atoms with Gasteiger partial charge < -0.3 is 19.5 Å². The maximum Gasteiger partial charge on any atom is 0.409 e. The lowest BCUT2D eigenvalue weighted by Crippen LogP contribution is -2.45. The lowest BCUT2D eigenvalue weighted by Gasteiger charge is -2.32. The van der Waals surface area contributed by atoms with Gasteiger partial charge in [-0.3, -0.25) is 0 Å². The van der Waals surface area contributed by atoms with Crippen LogP contribution in [0.1, 0.15) is 18.5 Å². The molecule has 1 amide bonds. The Balaban J connectivity index is 1.77. The number of ether oxygens (including phenoxy) is 1. The van der Waals surface area contributed by atoms with Crippen molar-refractivity contribution < 1.29 is 14.1 Å². The summed E-state index contributed by atoms with van der Waals surface area (Å²) >= 11 is 4.86. The van der Waals surface area contributed by atoms with Gasteiger partial charge in [-0.25, -0.2) is 9.78 Å². The number of aryl methyl sites for hydroxylation is 1. The van der Waals surface area contributed by atoms with Crippen LogP contribution in [-0.2, 0) is 22.3 Å². The summed E-state index contributed by atoms with van der Waals surface area (Å²) in [4.78, 5) is 22.3. The van der Waals surface area contributed by atoms with Crippen molar-refractivity contribution in [2.75, 3.05) is 31.3 Å². The number of piperidine rings is 1. The number of rotatable bonds is 2. The number of aromatic nitrogens is 2. The normalized spacial score (nSPS) is 24.0. The molecule has 0 bridgehead atoms. The second kappa shape index (κ2) is 6.47. The summed E-state index contributed by atoms with van der Waals surface area (Å²) in [6, 6.07) is 0.0283. The van der Waals surface area contributed by atoms with Gasteiger partial charge in [-0.05, 0) is 35.6 Å². The minimum absolute atomic E-state index is 0.0283. The van der Waals surface area contributed by atoms with Crippen LogP contribution in [-0.4, -0.2) is 57.5 Å². The number of nitrogens with zero attached hydrogens (tertiary/aromatic N) is 3. The number of nitrogens with one attached hydrogen (secondary N) is 1. The SMILES string of the molecule is COC(=O)N1CCC[C@H](Nc2nc(Cl)nc3c2[S@+]([O-])CC3)C1. The van der Waals surface area contributed by atoms with Crippen LogP contribution in [0, 0.1) is 0 Å². The molecule has 0 unspecified atom stereocenters. The molecule has 2 atom stereocenters. The van der Waals surface area contributed by atoms with Crippen LogP contribution in [0.15, 0.2) is 4.90 Å². The monoisotopic (exact) mass is 344 g/mol. The zero-order valence-corrected chi connectivity index (χ0v) is 13.7. The van der Waals surface area contributed by atoms with Gasteiger partial charge in [-0.15, -0.1) is 0 Å². The van der Waals surface area contributed by atoms with E-state index in [1.807, 2.05) is 0 Å². The second-order valence-corrected chi connectivity index (χ2v) is 7.16. The molecule has 3 heterocycles. The van der Waals surface area contributed by atoms with Gasteiger partial charge in [-0.2, -0.15) is 4.98 Å². The van der Waals surface area contributed by atoms with Crippen molar-refractivity contribution in [1.82, 2.24) is 14.9 Å². The van der Waals surface area contributed by atoms with Gasteiger partial charge in [0, 0.05) is 25.6 Å². The van der Waals surface area contributed by atoms with E-state index in [2.05, 4.69) is 15.3 Å². The van der Waals surface area contributed by atoms with Crippen LogP contribution < -0.4 is 5.32 Å². The van der Waals surface area contributed by atoms with Crippen LogP contribution >= 0.6 is 11.6 Å². The van der Waals surface area contributed by atoms with Crippen LogP contribution in [0.2, 0.25) is 5.28 Å². The molecule has 9 heteroatoms. The van der Waals surface area contributed by atoms with E-state index >= 15 is 0 Å². The smallest absolute Gasteiger partial charge is 0.409 e. The fourth-order valence-electron chi connectivity index (χ4n) is 2.85. The Kier molecular flexibility index (Phi) is 4.60. The number of fused-ring (bicyclic) bond motifs is 1. The number of hydrogen-bond donors (Lipinski definition) is 1. The van der Waals surface area contributed by atoms with Crippen molar-refractivity contribution in [1.29, 1.82) is 0 Å².